The average molecular weight is 311 g/mol. The van der Waals surface area contributed by atoms with Crippen molar-refractivity contribution in [3.05, 3.63) is 24.3 Å². The summed E-state index contributed by atoms with van der Waals surface area (Å²) in [6.07, 6.45) is 1.12. The molecule has 0 spiro atoms. The first-order valence-electron chi connectivity index (χ1n) is 7.52. The van der Waals surface area contributed by atoms with Crippen LogP contribution in [0.2, 0.25) is 0 Å². The molecular weight excluding hydrogens is 286 g/mol. The highest BCUT2D eigenvalue weighted by molar-refractivity contribution is 7.89. The standard InChI is InChI=1S/C15H25N3O2S/c1-3-17-21(19,20)15-6-4-14(5-7-15)18-9-8-12(2)13(10-16)11-18/h4-7,12-13,17H,3,8-11,16H2,1-2H3. The number of nitrogens with zero attached hydrogens (tertiary/aromatic N) is 1. The van der Waals surface area contributed by atoms with E-state index >= 15 is 0 Å². The van der Waals surface area contributed by atoms with Crippen molar-refractivity contribution >= 4 is 15.7 Å². The van der Waals surface area contributed by atoms with E-state index in [9.17, 15) is 8.42 Å². The molecule has 118 valence electrons. The zero-order valence-corrected chi connectivity index (χ0v) is 13.6. The van der Waals surface area contributed by atoms with E-state index in [2.05, 4.69) is 16.5 Å². The number of hydrogen-bond donors (Lipinski definition) is 2. The molecule has 0 amide bonds. The van der Waals surface area contributed by atoms with Crippen molar-refractivity contribution in [2.75, 3.05) is 31.1 Å². The highest BCUT2D eigenvalue weighted by Crippen LogP contribution is 2.27. The van der Waals surface area contributed by atoms with E-state index in [1.54, 1.807) is 19.1 Å². The molecule has 5 nitrogen and oxygen atoms in total. The second-order valence-corrected chi connectivity index (χ2v) is 7.47. The molecular formula is C15H25N3O2S. The van der Waals surface area contributed by atoms with Crippen molar-refractivity contribution in [3.8, 4) is 0 Å². The van der Waals surface area contributed by atoms with Gasteiger partial charge in [0, 0.05) is 25.3 Å². The van der Waals surface area contributed by atoms with Gasteiger partial charge in [-0.3, -0.25) is 0 Å². The Balaban J connectivity index is 2.12. The Labute approximate surface area is 127 Å². The Kier molecular flexibility index (Phi) is 5.24. The quantitative estimate of drug-likeness (QED) is 0.862. The lowest BCUT2D eigenvalue weighted by Crippen LogP contribution is -2.42. The lowest BCUT2D eigenvalue weighted by atomic mass is 9.87. The van der Waals surface area contributed by atoms with Crippen LogP contribution < -0.4 is 15.4 Å². The van der Waals surface area contributed by atoms with Gasteiger partial charge in [0.15, 0.2) is 0 Å². The second kappa shape index (κ2) is 6.77. The van der Waals surface area contributed by atoms with Crippen LogP contribution in [0, 0.1) is 11.8 Å². The van der Waals surface area contributed by atoms with Crippen molar-refractivity contribution in [2.24, 2.45) is 17.6 Å². The Hall–Kier alpha value is -1.11. The number of benzene rings is 1. The molecule has 0 radical (unpaired) electrons. The van der Waals surface area contributed by atoms with E-state index in [1.165, 1.54) is 0 Å². The molecule has 1 heterocycles. The Morgan fingerprint density at radius 1 is 1.33 bits per heavy atom. The monoisotopic (exact) mass is 311 g/mol. The van der Waals surface area contributed by atoms with E-state index in [0.717, 1.165) is 25.2 Å². The van der Waals surface area contributed by atoms with Gasteiger partial charge in [-0.05, 0) is 49.1 Å². The van der Waals surface area contributed by atoms with Crippen molar-refractivity contribution < 1.29 is 8.42 Å². The molecule has 0 aliphatic carbocycles. The fourth-order valence-corrected chi connectivity index (χ4v) is 3.84. The SMILES string of the molecule is CCNS(=O)(=O)c1ccc(N2CCC(C)C(CN)C2)cc1. The summed E-state index contributed by atoms with van der Waals surface area (Å²) in [5, 5.41) is 0. The minimum absolute atomic E-state index is 0.314. The zero-order chi connectivity index (χ0) is 15.5. The molecule has 0 aromatic heterocycles. The van der Waals surface area contributed by atoms with Gasteiger partial charge in [-0.1, -0.05) is 13.8 Å². The maximum absolute atomic E-state index is 11.9. The number of sulfonamides is 1. The maximum atomic E-state index is 11.9. The molecule has 0 saturated carbocycles. The predicted molar refractivity (Wildman–Crippen MR) is 85.8 cm³/mol. The van der Waals surface area contributed by atoms with E-state index in [-0.39, 0.29) is 0 Å². The van der Waals surface area contributed by atoms with Crippen LogP contribution in [0.1, 0.15) is 20.3 Å². The molecule has 1 fully saturated rings. The Morgan fingerprint density at radius 2 is 2.00 bits per heavy atom. The van der Waals surface area contributed by atoms with E-state index < -0.39 is 10.0 Å². The number of nitrogens with two attached hydrogens (primary N) is 1. The molecule has 2 atom stereocenters. The first-order chi connectivity index (χ1) is 9.97. The molecule has 3 N–H and O–H groups in total. The minimum Gasteiger partial charge on any atom is -0.371 e. The molecule has 1 aliphatic rings. The van der Waals surface area contributed by atoms with Crippen LogP contribution in [0.25, 0.3) is 0 Å². The van der Waals surface area contributed by atoms with Gasteiger partial charge in [0.1, 0.15) is 0 Å². The molecule has 21 heavy (non-hydrogen) atoms. The smallest absolute Gasteiger partial charge is 0.240 e. The molecule has 1 aromatic carbocycles. The first kappa shape index (κ1) is 16.3. The fourth-order valence-electron chi connectivity index (χ4n) is 2.80. The Morgan fingerprint density at radius 3 is 2.57 bits per heavy atom. The summed E-state index contributed by atoms with van der Waals surface area (Å²) < 4.78 is 26.3. The lowest BCUT2D eigenvalue weighted by Gasteiger charge is -2.38. The van der Waals surface area contributed by atoms with Crippen LogP contribution in [-0.2, 0) is 10.0 Å². The molecule has 1 aromatic rings. The highest BCUT2D eigenvalue weighted by atomic mass is 32.2. The van der Waals surface area contributed by atoms with Gasteiger partial charge in [-0.2, -0.15) is 0 Å². The van der Waals surface area contributed by atoms with Crippen molar-refractivity contribution in [1.29, 1.82) is 0 Å². The summed E-state index contributed by atoms with van der Waals surface area (Å²) in [6, 6.07) is 7.10. The van der Waals surface area contributed by atoms with Crippen LogP contribution in [0.5, 0.6) is 0 Å². The van der Waals surface area contributed by atoms with Gasteiger partial charge in [-0.25, -0.2) is 13.1 Å². The second-order valence-electron chi connectivity index (χ2n) is 5.70. The number of anilines is 1. The van der Waals surface area contributed by atoms with Crippen LogP contribution in [0.4, 0.5) is 5.69 Å². The predicted octanol–water partition coefficient (Wildman–Crippen LogP) is 1.41. The molecule has 2 unspecified atom stereocenters. The maximum Gasteiger partial charge on any atom is 0.240 e. The van der Waals surface area contributed by atoms with Crippen molar-refractivity contribution in [1.82, 2.24) is 4.72 Å². The van der Waals surface area contributed by atoms with Gasteiger partial charge >= 0.3 is 0 Å². The summed E-state index contributed by atoms with van der Waals surface area (Å²) in [4.78, 5) is 2.61. The van der Waals surface area contributed by atoms with E-state index in [4.69, 9.17) is 5.73 Å². The van der Waals surface area contributed by atoms with Gasteiger partial charge in [0.05, 0.1) is 4.90 Å². The molecule has 2 rings (SSSR count). The van der Waals surface area contributed by atoms with Crippen molar-refractivity contribution in [2.45, 2.75) is 25.2 Å². The third kappa shape index (κ3) is 3.75. The molecule has 6 heteroatoms. The molecule has 1 aliphatic heterocycles. The third-order valence-electron chi connectivity index (χ3n) is 4.26. The molecule has 1 saturated heterocycles. The average Bonchev–Trinajstić information content (AvgIpc) is 2.48. The van der Waals surface area contributed by atoms with Gasteiger partial charge in [-0.15, -0.1) is 0 Å². The van der Waals surface area contributed by atoms with Crippen LogP contribution in [0.3, 0.4) is 0 Å². The van der Waals surface area contributed by atoms with Crippen LogP contribution in [-0.4, -0.2) is 34.6 Å². The highest BCUT2D eigenvalue weighted by Gasteiger charge is 2.25. The van der Waals surface area contributed by atoms with E-state index in [1.807, 2.05) is 12.1 Å². The van der Waals surface area contributed by atoms with Crippen molar-refractivity contribution in [3.63, 3.8) is 0 Å². The van der Waals surface area contributed by atoms with E-state index in [0.29, 0.717) is 29.8 Å². The third-order valence-corrected chi connectivity index (χ3v) is 5.82. The largest absolute Gasteiger partial charge is 0.371 e. The van der Waals surface area contributed by atoms with Gasteiger partial charge < -0.3 is 10.6 Å². The van der Waals surface area contributed by atoms with Crippen LogP contribution in [0.15, 0.2) is 29.2 Å². The topological polar surface area (TPSA) is 75.4 Å². The molecule has 0 bridgehead atoms. The Bertz CT molecular complexity index is 557. The summed E-state index contributed by atoms with van der Waals surface area (Å²) in [6.45, 7) is 7.06. The number of nitrogens with one attached hydrogen (secondary N) is 1. The summed E-state index contributed by atoms with van der Waals surface area (Å²) >= 11 is 0. The van der Waals surface area contributed by atoms with Crippen LogP contribution >= 0.6 is 0 Å². The zero-order valence-electron chi connectivity index (χ0n) is 12.7. The van der Waals surface area contributed by atoms with Gasteiger partial charge in [0.2, 0.25) is 10.0 Å². The fraction of sp³-hybridized carbons (Fsp3) is 0.600. The lowest BCUT2D eigenvalue weighted by molar-refractivity contribution is 0.308. The summed E-state index contributed by atoms with van der Waals surface area (Å²) in [7, 11) is -3.37. The summed E-state index contributed by atoms with van der Waals surface area (Å²) in [5.41, 5.74) is 6.90. The first-order valence-corrected chi connectivity index (χ1v) is 9.01. The minimum atomic E-state index is -3.37. The summed E-state index contributed by atoms with van der Waals surface area (Å²) in [5.74, 6) is 1.16. The normalized spacial score (nSPS) is 23.3. The number of hydrogen-bond acceptors (Lipinski definition) is 4. The number of rotatable bonds is 5. The van der Waals surface area contributed by atoms with Gasteiger partial charge in [0.25, 0.3) is 0 Å². The number of piperidine rings is 1.